The van der Waals surface area contributed by atoms with Gasteiger partial charge in [-0.1, -0.05) is 26.0 Å². The first kappa shape index (κ1) is 25.6. The zero-order valence-corrected chi connectivity index (χ0v) is 20.7. The number of carbonyl (C=O) groups is 1. The number of hydrogen-bond acceptors (Lipinski definition) is 7. The summed E-state index contributed by atoms with van der Waals surface area (Å²) in [5.41, 5.74) is 1.04. The smallest absolute Gasteiger partial charge is 0.268 e. The van der Waals surface area contributed by atoms with E-state index >= 15 is 0 Å². The van der Waals surface area contributed by atoms with Crippen LogP contribution in [0.5, 0.6) is 11.5 Å². The summed E-state index contributed by atoms with van der Waals surface area (Å²) in [4.78, 5) is 33.0. The lowest BCUT2D eigenvalue weighted by Crippen LogP contribution is -2.44. The van der Waals surface area contributed by atoms with Crippen molar-refractivity contribution in [3.05, 3.63) is 63.3 Å². The fraction of sp³-hybridized carbons (Fsp3) is 0.423. The van der Waals surface area contributed by atoms with Gasteiger partial charge in [0.2, 0.25) is 0 Å². The summed E-state index contributed by atoms with van der Waals surface area (Å²) in [5, 5.41) is 13.6. The number of benzene rings is 1. The van der Waals surface area contributed by atoms with Crippen LogP contribution in [-0.4, -0.2) is 71.5 Å². The van der Waals surface area contributed by atoms with E-state index in [-0.39, 0.29) is 42.7 Å². The maximum absolute atomic E-state index is 13.5. The monoisotopic (exact) mass is 498 g/mol. The van der Waals surface area contributed by atoms with Crippen molar-refractivity contribution < 1.29 is 23.8 Å². The first-order chi connectivity index (χ1) is 17.4. The largest absolute Gasteiger partial charge is 0.505 e. The van der Waals surface area contributed by atoms with Gasteiger partial charge in [0.1, 0.15) is 28.5 Å². The van der Waals surface area contributed by atoms with Crippen LogP contribution in [0.15, 0.2) is 35.3 Å². The zero-order chi connectivity index (χ0) is 25.8. The topological polar surface area (TPSA) is 106 Å². The molecule has 10 heteroatoms. The van der Waals surface area contributed by atoms with E-state index in [2.05, 4.69) is 29.0 Å². The normalized spacial score (nSPS) is 14.8. The van der Waals surface area contributed by atoms with E-state index in [4.69, 9.17) is 9.47 Å². The molecular weight excluding hydrogens is 467 g/mol. The molecule has 1 aliphatic rings. The lowest BCUT2D eigenvalue weighted by atomic mass is 10.0. The number of carbonyl (C=O) groups excluding carboxylic acids is 1. The summed E-state index contributed by atoms with van der Waals surface area (Å²) >= 11 is 0. The van der Waals surface area contributed by atoms with Gasteiger partial charge in [-0.2, -0.15) is 0 Å². The Morgan fingerprint density at radius 2 is 2.03 bits per heavy atom. The minimum atomic E-state index is -0.689. The van der Waals surface area contributed by atoms with Gasteiger partial charge in [-0.05, 0) is 30.8 Å². The van der Waals surface area contributed by atoms with Crippen molar-refractivity contribution in [2.45, 2.75) is 32.9 Å². The molecule has 1 aliphatic heterocycles. The van der Waals surface area contributed by atoms with Crippen molar-refractivity contribution in [3.8, 4) is 11.5 Å². The Hall–Kier alpha value is -3.50. The van der Waals surface area contributed by atoms with Gasteiger partial charge < -0.3 is 24.8 Å². The summed E-state index contributed by atoms with van der Waals surface area (Å²) < 4.78 is 26.3. The quantitative estimate of drug-likeness (QED) is 0.413. The van der Waals surface area contributed by atoms with Crippen molar-refractivity contribution in [3.63, 3.8) is 0 Å². The Balaban J connectivity index is 1.84. The molecule has 0 saturated heterocycles. The molecule has 0 radical (unpaired) electrons. The van der Waals surface area contributed by atoms with Crippen LogP contribution in [0.25, 0.3) is 11.0 Å². The summed E-state index contributed by atoms with van der Waals surface area (Å²) in [6.07, 6.45) is 1.61. The Bertz CT molecular complexity index is 1300. The number of aromatic nitrogens is 2. The highest BCUT2D eigenvalue weighted by Crippen LogP contribution is 2.37. The molecule has 1 aromatic carbocycles. The number of pyridine rings is 2. The van der Waals surface area contributed by atoms with Gasteiger partial charge in [-0.25, -0.2) is 4.39 Å². The molecular formula is C26H31FN4O5. The summed E-state index contributed by atoms with van der Waals surface area (Å²) in [5.74, 6) is -1.07. The van der Waals surface area contributed by atoms with Gasteiger partial charge in [-0.15, -0.1) is 0 Å². The lowest BCUT2D eigenvalue weighted by Gasteiger charge is -2.32. The van der Waals surface area contributed by atoms with Crippen LogP contribution in [0.1, 0.15) is 35.3 Å². The average molecular weight is 499 g/mol. The number of likely N-dealkylation sites (N-methyl/N-ethyl adjacent to an activating group) is 1. The first-order valence-electron chi connectivity index (χ1n) is 12.1. The number of nitrogens with one attached hydrogen (secondary N) is 1. The molecule has 0 unspecified atom stereocenters. The van der Waals surface area contributed by atoms with E-state index < -0.39 is 17.2 Å². The van der Waals surface area contributed by atoms with E-state index in [9.17, 15) is 19.1 Å². The van der Waals surface area contributed by atoms with E-state index in [1.807, 2.05) is 0 Å². The van der Waals surface area contributed by atoms with Crippen LogP contribution < -0.4 is 15.6 Å². The molecule has 9 nitrogen and oxygen atoms in total. The van der Waals surface area contributed by atoms with E-state index in [1.165, 1.54) is 23.8 Å². The van der Waals surface area contributed by atoms with E-state index in [0.29, 0.717) is 29.8 Å². The van der Waals surface area contributed by atoms with Gasteiger partial charge in [0.15, 0.2) is 11.5 Å². The van der Waals surface area contributed by atoms with Gasteiger partial charge in [-0.3, -0.25) is 19.1 Å². The van der Waals surface area contributed by atoms with Crippen LogP contribution in [0.2, 0.25) is 0 Å². The molecule has 2 N–H and O–H groups in total. The van der Waals surface area contributed by atoms with Crippen molar-refractivity contribution in [2.24, 2.45) is 0 Å². The third kappa shape index (κ3) is 5.05. The molecule has 1 amide bonds. The molecule has 1 atom stereocenters. The standard InChI is InChI=1S/C26H31FN4O5/c1-4-30(5-2)14-19-15-31-22-21(23(32)20(26(31)34)25(33)28-10-11-35-3)29-13-17(24(22)36-19)12-16-6-8-18(27)9-7-16/h6-9,13,19,32H,4-5,10-12,14-15H2,1-3H3,(H,28,33)/t19-/m0/s1. The molecule has 2 aromatic heterocycles. The number of aromatic hydroxyl groups is 1. The first-order valence-corrected chi connectivity index (χ1v) is 12.1. The van der Waals surface area contributed by atoms with Crippen molar-refractivity contribution in [1.29, 1.82) is 0 Å². The number of hydrogen-bond donors (Lipinski definition) is 2. The Morgan fingerprint density at radius 3 is 2.69 bits per heavy atom. The molecule has 0 fully saturated rings. The molecule has 3 heterocycles. The molecule has 0 spiro atoms. The van der Waals surface area contributed by atoms with Crippen molar-refractivity contribution >= 4 is 16.9 Å². The number of methoxy groups -OCH3 is 1. The number of amides is 1. The highest BCUT2D eigenvalue weighted by molar-refractivity contribution is 6.02. The Morgan fingerprint density at radius 1 is 1.31 bits per heavy atom. The number of ether oxygens (including phenoxy) is 2. The fourth-order valence-corrected chi connectivity index (χ4v) is 4.49. The summed E-state index contributed by atoms with van der Waals surface area (Å²) in [6.45, 7) is 6.98. The Labute approximate surface area is 208 Å². The van der Waals surface area contributed by atoms with Gasteiger partial charge in [0.05, 0.1) is 13.2 Å². The van der Waals surface area contributed by atoms with E-state index in [0.717, 1.165) is 18.7 Å². The summed E-state index contributed by atoms with van der Waals surface area (Å²) in [7, 11) is 1.50. The number of rotatable bonds is 10. The van der Waals surface area contributed by atoms with Crippen LogP contribution >= 0.6 is 0 Å². The third-order valence-corrected chi connectivity index (χ3v) is 6.42. The summed E-state index contributed by atoms with van der Waals surface area (Å²) in [6, 6.07) is 6.13. The molecule has 192 valence electrons. The Kier molecular flexibility index (Phi) is 7.85. The second kappa shape index (κ2) is 11.0. The van der Waals surface area contributed by atoms with Crippen molar-refractivity contribution in [2.75, 3.05) is 39.9 Å². The highest BCUT2D eigenvalue weighted by atomic mass is 19.1. The van der Waals surface area contributed by atoms with E-state index in [1.54, 1.807) is 18.3 Å². The predicted molar refractivity (Wildman–Crippen MR) is 133 cm³/mol. The second-order valence-electron chi connectivity index (χ2n) is 8.73. The lowest BCUT2D eigenvalue weighted by molar-refractivity contribution is 0.0928. The molecule has 0 bridgehead atoms. The van der Waals surface area contributed by atoms with Gasteiger partial charge in [0.25, 0.3) is 11.5 Å². The number of nitrogens with zero attached hydrogens (tertiary/aromatic N) is 3. The molecule has 0 aliphatic carbocycles. The van der Waals surface area contributed by atoms with Crippen molar-refractivity contribution in [1.82, 2.24) is 19.8 Å². The van der Waals surface area contributed by atoms with Gasteiger partial charge >= 0.3 is 0 Å². The minimum absolute atomic E-state index is 0.116. The average Bonchev–Trinajstić information content (AvgIpc) is 2.88. The minimum Gasteiger partial charge on any atom is -0.505 e. The predicted octanol–water partition coefficient (Wildman–Crippen LogP) is 2.31. The van der Waals surface area contributed by atoms with Crippen LogP contribution in [-0.2, 0) is 17.7 Å². The molecule has 3 aromatic rings. The number of halogens is 1. The maximum Gasteiger partial charge on any atom is 0.268 e. The second-order valence-corrected chi connectivity index (χ2v) is 8.73. The fourth-order valence-electron chi connectivity index (χ4n) is 4.49. The highest BCUT2D eigenvalue weighted by Gasteiger charge is 2.32. The third-order valence-electron chi connectivity index (χ3n) is 6.42. The van der Waals surface area contributed by atoms with Crippen LogP contribution in [0.4, 0.5) is 4.39 Å². The molecule has 4 rings (SSSR count). The SMILES string of the molecule is CCN(CC)C[C@H]1Cn2c(=O)c(C(=O)NCCOC)c(O)c3ncc(Cc4ccc(F)cc4)c(c32)O1. The van der Waals surface area contributed by atoms with Gasteiger partial charge in [0, 0.05) is 38.4 Å². The maximum atomic E-state index is 13.5. The van der Waals surface area contributed by atoms with Crippen LogP contribution in [0.3, 0.4) is 0 Å². The zero-order valence-electron chi connectivity index (χ0n) is 20.7. The molecule has 36 heavy (non-hydrogen) atoms. The van der Waals surface area contributed by atoms with Crippen LogP contribution in [0, 0.1) is 5.82 Å². The molecule has 0 saturated carbocycles.